The molecule has 1 saturated heterocycles. The lowest BCUT2D eigenvalue weighted by Crippen LogP contribution is -2.55. The van der Waals surface area contributed by atoms with Crippen LogP contribution in [-0.4, -0.2) is 41.0 Å². The number of rotatable bonds is 2. The van der Waals surface area contributed by atoms with Crippen LogP contribution in [-0.2, 0) is 4.74 Å². The molecule has 21 heavy (non-hydrogen) atoms. The molecule has 1 aliphatic heterocycles. The van der Waals surface area contributed by atoms with Crippen molar-refractivity contribution in [1.29, 1.82) is 0 Å². The van der Waals surface area contributed by atoms with E-state index >= 15 is 0 Å². The first-order chi connectivity index (χ1) is 9.74. The Hall–Kier alpha value is -1.86. The molecular formula is C13H16ClN3O4. The van der Waals surface area contributed by atoms with Crippen molar-refractivity contribution >= 4 is 28.9 Å². The Bertz CT molecular complexity index is 603. The number of halogens is 1. The number of hydrogen-bond acceptors (Lipinski definition) is 5. The Labute approximate surface area is 126 Å². The van der Waals surface area contributed by atoms with Gasteiger partial charge in [0.05, 0.1) is 39.9 Å². The SMILES string of the molecule is CC1(C)COCCN1C(=O)c1cc([N+](=O)[O-])cc(Cl)c1N. The number of nitrogen functional groups attached to an aromatic ring is 1. The molecule has 2 N–H and O–H groups in total. The van der Waals surface area contributed by atoms with E-state index in [2.05, 4.69) is 0 Å². The molecular weight excluding hydrogens is 298 g/mol. The number of nitro benzene ring substituents is 1. The Morgan fingerprint density at radius 2 is 2.19 bits per heavy atom. The van der Waals surface area contributed by atoms with Crippen LogP contribution in [0.5, 0.6) is 0 Å². The summed E-state index contributed by atoms with van der Waals surface area (Å²) in [5.41, 5.74) is 5.13. The lowest BCUT2D eigenvalue weighted by atomic mass is 10.00. The van der Waals surface area contributed by atoms with E-state index in [1.807, 2.05) is 13.8 Å². The molecule has 0 bridgehead atoms. The quantitative estimate of drug-likeness (QED) is 0.512. The van der Waals surface area contributed by atoms with Crippen LogP contribution < -0.4 is 5.73 Å². The third-order valence-electron chi connectivity index (χ3n) is 3.45. The van der Waals surface area contributed by atoms with Gasteiger partial charge in [-0.05, 0) is 13.8 Å². The minimum absolute atomic E-state index is 0.00128. The highest BCUT2D eigenvalue weighted by Gasteiger charge is 2.36. The standard InChI is InChI=1S/C13H16ClN3O4/c1-13(2)7-21-4-3-16(13)12(18)9-5-8(17(19)20)6-10(14)11(9)15/h5-6H,3-4,7,15H2,1-2H3. The number of nitro groups is 1. The molecule has 0 unspecified atom stereocenters. The molecule has 8 heteroatoms. The first-order valence-electron chi connectivity index (χ1n) is 6.37. The first kappa shape index (κ1) is 15.5. The van der Waals surface area contributed by atoms with Gasteiger partial charge < -0.3 is 15.4 Å². The molecule has 0 radical (unpaired) electrons. The average molecular weight is 314 g/mol. The minimum atomic E-state index is -0.605. The highest BCUT2D eigenvalue weighted by Crippen LogP contribution is 2.31. The zero-order valence-corrected chi connectivity index (χ0v) is 12.5. The lowest BCUT2D eigenvalue weighted by Gasteiger charge is -2.42. The van der Waals surface area contributed by atoms with Gasteiger partial charge in [0.25, 0.3) is 11.6 Å². The van der Waals surface area contributed by atoms with Gasteiger partial charge in [-0.3, -0.25) is 14.9 Å². The smallest absolute Gasteiger partial charge is 0.271 e. The molecule has 7 nitrogen and oxygen atoms in total. The second-order valence-corrected chi connectivity index (χ2v) is 5.87. The summed E-state index contributed by atoms with van der Waals surface area (Å²) in [6.07, 6.45) is 0. The van der Waals surface area contributed by atoms with Crippen LogP contribution in [0.25, 0.3) is 0 Å². The van der Waals surface area contributed by atoms with E-state index in [4.69, 9.17) is 22.1 Å². The Balaban J connectivity index is 2.45. The monoisotopic (exact) mass is 313 g/mol. The van der Waals surface area contributed by atoms with Crippen molar-refractivity contribution in [2.45, 2.75) is 19.4 Å². The van der Waals surface area contributed by atoms with Gasteiger partial charge >= 0.3 is 0 Å². The number of ether oxygens (including phenoxy) is 1. The average Bonchev–Trinajstić information content (AvgIpc) is 2.40. The number of hydrogen-bond donors (Lipinski definition) is 1. The van der Waals surface area contributed by atoms with Gasteiger partial charge in [-0.1, -0.05) is 11.6 Å². The lowest BCUT2D eigenvalue weighted by molar-refractivity contribution is -0.384. The zero-order valence-electron chi connectivity index (χ0n) is 11.8. The van der Waals surface area contributed by atoms with Crippen molar-refractivity contribution < 1.29 is 14.5 Å². The van der Waals surface area contributed by atoms with Crippen molar-refractivity contribution in [3.05, 3.63) is 32.8 Å². The summed E-state index contributed by atoms with van der Waals surface area (Å²) in [6.45, 7) is 4.92. The van der Waals surface area contributed by atoms with Crippen molar-refractivity contribution in [3.8, 4) is 0 Å². The van der Waals surface area contributed by atoms with Crippen LogP contribution in [0, 0.1) is 10.1 Å². The van der Waals surface area contributed by atoms with Crippen molar-refractivity contribution in [1.82, 2.24) is 4.90 Å². The maximum Gasteiger partial charge on any atom is 0.271 e. The summed E-state index contributed by atoms with van der Waals surface area (Å²) in [7, 11) is 0. The van der Waals surface area contributed by atoms with E-state index in [0.717, 1.165) is 12.1 Å². The van der Waals surface area contributed by atoms with Crippen LogP contribution >= 0.6 is 11.6 Å². The summed E-state index contributed by atoms with van der Waals surface area (Å²) in [6, 6.07) is 2.30. The number of nitrogens with two attached hydrogens (primary N) is 1. The number of non-ortho nitro benzene ring substituents is 1. The number of anilines is 1. The molecule has 0 spiro atoms. The molecule has 0 saturated carbocycles. The summed E-state index contributed by atoms with van der Waals surface area (Å²) in [5.74, 6) is -0.383. The van der Waals surface area contributed by atoms with Crippen LogP contribution in [0.2, 0.25) is 5.02 Å². The summed E-state index contributed by atoms with van der Waals surface area (Å²) in [5, 5.41) is 10.9. The molecule has 1 aromatic rings. The fourth-order valence-corrected chi connectivity index (χ4v) is 2.48. The van der Waals surface area contributed by atoms with Crippen LogP contribution in [0.15, 0.2) is 12.1 Å². The first-order valence-corrected chi connectivity index (χ1v) is 6.75. The molecule has 2 rings (SSSR count). The fraction of sp³-hybridized carbons (Fsp3) is 0.462. The van der Waals surface area contributed by atoms with E-state index < -0.39 is 10.5 Å². The molecule has 1 aromatic carbocycles. The van der Waals surface area contributed by atoms with Crippen molar-refractivity contribution in [3.63, 3.8) is 0 Å². The van der Waals surface area contributed by atoms with Gasteiger partial charge in [0.15, 0.2) is 0 Å². The largest absolute Gasteiger partial charge is 0.397 e. The highest BCUT2D eigenvalue weighted by atomic mass is 35.5. The van der Waals surface area contributed by atoms with Crippen molar-refractivity contribution in [2.24, 2.45) is 0 Å². The van der Waals surface area contributed by atoms with E-state index in [1.165, 1.54) is 0 Å². The number of benzene rings is 1. The fourth-order valence-electron chi connectivity index (χ4n) is 2.27. The molecule has 0 aliphatic carbocycles. The predicted molar refractivity (Wildman–Crippen MR) is 78.5 cm³/mol. The third kappa shape index (κ3) is 2.93. The van der Waals surface area contributed by atoms with Gasteiger partial charge in [0.1, 0.15) is 0 Å². The zero-order chi connectivity index (χ0) is 15.8. The summed E-state index contributed by atoms with van der Waals surface area (Å²) < 4.78 is 5.36. The molecule has 1 fully saturated rings. The van der Waals surface area contributed by atoms with E-state index in [0.29, 0.717) is 19.8 Å². The predicted octanol–water partition coefficient (Wildman–Crippen LogP) is 2.08. The summed E-state index contributed by atoms with van der Waals surface area (Å²) in [4.78, 5) is 24.6. The Morgan fingerprint density at radius 1 is 1.52 bits per heavy atom. The van der Waals surface area contributed by atoms with Gasteiger partial charge in [0, 0.05) is 18.7 Å². The number of carbonyl (C=O) groups excluding carboxylic acids is 1. The Kier molecular flexibility index (Phi) is 4.06. The highest BCUT2D eigenvalue weighted by molar-refractivity contribution is 6.34. The second-order valence-electron chi connectivity index (χ2n) is 5.47. The molecule has 0 aromatic heterocycles. The number of morpholine rings is 1. The Morgan fingerprint density at radius 3 is 2.76 bits per heavy atom. The molecule has 1 aliphatic rings. The number of nitrogens with zero attached hydrogens (tertiary/aromatic N) is 2. The number of amides is 1. The number of carbonyl (C=O) groups is 1. The minimum Gasteiger partial charge on any atom is -0.397 e. The normalized spacial score (nSPS) is 17.6. The van der Waals surface area contributed by atoms with Gasteiger partial charge in [0.2, 0.25) is 0 Å². The molecule has 1 amide bonds. The van der Waals surface area contributed by atoms with E-state index in [1.54, 1.807) is 4.90 Å². The van der Waals surface area contributed by atoms with E-state index in [-0.39, 0.29) is 27.9 Å². The van der Waals surface area contributed by atoms with Crippen LogP contribution in [0.4, 0.5) is 11.4 Å². The van der Waals surface area contributed by atoms with E-state index in [9.17, 15) is 14.9 Å². The maximum atomic E-state index is 12.7. The topological polar surface area (TPSA) is 98.7 Å². The third-order valence-corrected chi connectivity index (χ3v) is 3.76. The molecule has 1 heterocycles. The van der Waals surface area contributed by atoms with Crippen LogP contribution in [0.1, 0.15) is 24.2 Å². The second kappa shape index (κ2) is 5.50. The van der Waals surface area contributed by atoms with Gasteiger partial charge in [-0.25, -0.2) is 0 Å². The molecule has 114 valence electrons. The van der Waals surface area contributed by atoms with Gasteiger partial charge in [-0.15, -0.1) is 0 Å². The molecule has 0 atom stereocenters. The van der Waals surface area contributed by atoms with Gasteiger partial charge in [-0.2, -0.15) is 0 Å². The summed E-state index contributed by atoms with van der Waals surface area (Å²) >= 11 is 5.89. The van der Waals surface area contributed by atoms with Crippen molar-refractivity contribution in [2.75, 3.05) is 25.5 Å². The maximum absolute atomic E-state index is 12.7. The van der Waals surface area contributed by atoms with Crippen LogP contribution in [0.3, 0.4) is 0 Å².